The quantitative estimate of drug-likeness (QED) is 0.511. The van der Waals surface area contributed by atoms with Crippen molar-refractivity contribution in [1.82, 2.24) is 9.80 Å². The molecule has 0 bridgehead atoms. The first kappa shape index (κ1) is 21.2. The Morgan fingerprint density at radius 2 is 1.33 bits per heavy atom. The molecule has 0 aliphatic heterocycles. The van der Waals surface area contributed by atoms with E-state index in [1.54, 1.807) is 11.8 Å². The van der Waals surface area contributed by atoms with Gasteiger partial charge >= 0.3 is 6.80 Å². The summed E-state index contributed by atoms with van der Waals surface area (Å²) in [6, 6.07) is 0. The molecule has 0 N–H and O–H groups in total. The third-order valence-corrected chi connectivity index (χ3v) is 8.39. The molecule has 0 heterocycles. The van der Waals surface area contributed by atoms with Crippen LogP contribution in [0.1, 0.15) is 27.7 Å². The summed E-state index contributed by atoms with van der Waals surface area (Å²) >= 11 is 2.77. The summed E-state index contributed by atoms with van der Waals surface area (Å²) in [7, 11) is 2.84. The number of hydrogen-bond donors (Lipinski definition) is 0. The van der Waals surface area contributed by atoms with Gasteiger partial charge in [-0.15, -0.1) is 11.8 Å². The standard InChI is InChI=1S/C13H29N2O3PS2/c1-8-14(9-2)12(15(10-3)11-4)13(20-7)21-19(16,17-5)18-6/h8-11H2,1-7H3. The number of thioether (sulfide) groups is 1. The molecule has 0 atom stereocenters. The summed E-state index contributed by atoms with van der Waals surface area (Å²) < 4.78 is 23.6. The van der Waals surface area contributed by atoms with Crippen LogP contribution in [0.5, 0.6) is 0 Å². The molecule has 8 heteroatoms. The summed E-state index contributed by atoms with van der Waals surface area (Å²) in [5, 5.41) is 0. The van der Waals surface area contributed by atoms with E-state index in [1.165, 1.54) is 25.6 Å². The zero-order chi connectivity index (χ0) is 16.5. The predicted molar refractivity (Wildman–Crippen MR) is 95.6 cm³/mol. The van der Waals surface area contributed by atoms with Crippen molar-refractivity contribution in [3.63, 3.8) is 0 Å². The average Bonchev–Trinajstić information content (AvgIpc) is 2.53. The predicted octanol–water partition coefficient (Wildman–Crippen LogP) is 4.29. The van der Waals surface area contributed by atoms with Crippen molar-refractivity contribution in [1.29, 1.82) is 0 Å². The molecule has 0 aromatic rings. The normalized spacial score (nSPS) is 11.4. The average molecular weight is 356 g/mol. The molecule has 0 aromatic heterocycles. The molecule has 0 aliphatic carbocycles. The zero-order valence-electron chi connectivity index (χ0n) is 14.2. The van der Waals surface area contributed by atoms with E-state index in [0.29, 0.717) is 0 Å². The summed E-state index contributed by atoms with van der Waals surface area (Å²) in [4.78, 5) is 4.56. The SMILES string of the molecule is CCN(CC)C(=C(SC)SP(=O)(OC)OC)N(CC)CC. The fourth-order valence-electron chi connectivity index (χ4n) is 1.92. The lowest BCUT2D eigenvalue weighted by molar-refractivity contribution is 0.235. The molecular weight excluding hydrogens is 327 g/mol. The van der Waals surface area contributed by atoms with E-state index in [1.807, 2.05) is 6.26 Å². The number of nitrogens with zero attached hydrogens (tertiary/aromatic N) is 2. The Labute approximate surface area is 138 Å². The van der Waals surface area contributed by atoms with Crippen LogP contribution < -0.4 is 0 Å². The first-order valence-electron chi connectivity index (χ1n) is 7.15. The maximum Gasteiger partial charge on any atom is 0.393 e. The number of hydrogen-bond acceptors (Lipinski definition) is 7. The van der Waals surface area contributed by atoms with E-state index in [-0.39, 0.29) is 0 Å². The first-order valence-corrected chi connectivity index (χ1v) is 11.3. The molecule has 21 heavy (non-hydrogen) atoms. The lowest BCUT2D eigenvalue weighted by atomic mass is 10.4. The molecule has 0 rings (SSSR count). The minimum absolute atomic E-state index is 0.900. The van der Waals surface area contributed by atoms with Gasteiger partial charge in [0, 0.05) is 51.8 Å². The number of rotatable bonds is 11. The molecule has 0 spiro atoms. The zero-order valence-corrected chi connectivity index (χ0v) is 16.7. The van der Waals surface area contributed by atoms with Crippen LogP contribution in [0.2, 0.25) is 0 Å². The van der Waals surface area contributed by atoms with E-state index in [0.717, 1.165) is 36.2 Å². The van der Waals surface area contributed by atoms with Crippen molar-refractivity contribution in [3.8, 4) is 0 Å². The highest BCUT2D eigenvalue weighted by Gasteiger charge is 2.29. The van der Waals surface area contributed by atoms with Gasteiger partial charge in [-0.25, -0.2) is 4.57 Å². The van der Waals surface area contributed by atoms with Gasteiger partial charge in [0.15, 0.2) is 0 Å². The van der Waals surface area contributed by atoms with Crippen LogP contribution in [-0.2, 0) is 13.6 Å². The Hall–Kier alpha value is 0.190. The van der Waals surface area contributed by atoms with Crippen LogP contribution in [0, 0.1) is 0 Å². The van der Waals surface area contributed by atoms with Crippen LogP contribution in [0.3, 0.4) is 0 Å². The van der Waals surface area contributed by atoms with Crippen molar-refractivity contribution < 1.29 is 13.6 Å². The Bertz CT molecular complexity index is 350. The topological polar surface area (TPSA) is 42.0 Å². The first-order chi connectivity index (χ1) is 9.96. The Morgan fingerprint density at radius 1 is 0.952 bits per heavy atom. The molecule has 0 unspecified atom stereocenters. The highest BCUT2D eigenvalue weighted by molar-refractivity contribution is 8.60. The van der Waals surface area contributed by atoms with E-state index in [4.69, 9.17) is 9.05 Å². The minimum Gasteiger partial charge on any atom is -0.357 e. The van der Waals surface area contributed by atoms with Crippen molar-refractivity contribution in [2.75, 3.05) is 46.7 Å². The van der Waals surface area contributed by atoms with E-state index in [9.17, 15) is 4.57 Å². The molecule has 126 valence electrons. The molecule has 0 aromatic carbocycles. The molecule has 0 amide bonds. The highest BCUT2D eigenvalue weighted by atomic mass is 32.7. The van der Waals surface area contributed by atoms with Gasteiger partial charge in [-0.1, -0.05) is 0 Å². The third kappa shape index (κ3) is 6.06. The molecular formula is C13H29N2O3PS2. The largest absolute Gasteiger partial charge is 0.393 e. The molecule has 0 saturated heterocycles. The van der Waals surface area contributed by atoms with Gasteiger partial charge < -0.3 is 18.8 Å². The smallest absolute Gasteiger partial charge is 0.357 e. The summed E-state index contributed by atoms with van der Waals surface area (Å²) in [5.74, 6) is 1.11. The Balaban J connectivity index is 5.79. The van der Waals surface area contributed by atoms with Gasteiger partial charge in [0.25, 0.3) is 0 Å². The van der Waals surface area contributed by atoms with Crippen molar-refractivity contribution in [3.05, 3.63) is 10.1 Å². The van der Waals surface area contributed by atoms with Crippen LogP contribution in [0.15, 0.2) is 10.1 Å². The van der Waals surface area contributed by atoms with Crippen LogP contribution >= 0.6 is 29.9 Å². The monoisotopic (exact) mass is 356 g/mol. The van der Waals surface area contributed by atoms with Crippen LogP contribution in [0.4, 0.5) is 0 Å². The molecule has 0 fully saturated rings. The van der Waals surface area contributed by atoms with Crippen LogP contribution in [-0.4, -0.2) is 56.5 Å². The van der Waals surface area contributed by atoms with E-state index in [2.05, 4.69) is 37.5 Å². The second-order valence-corrected chi connectivity index (χ2v) is 9.24. The molecule has 5 nitrogen and oxygen atoms in total. The van der Waals surface area contributed by atoms with Gasteiger partial charge in [0.1, 0.15) is 5.82 Å². The lowest BCUT2D eigenvalue weighted by Gasteiger charge is -2.35. The molecule has 0 radical (unpaired) electrons. The lowest BCUT2D eigenvalue weighted by Crippen LogP contribution is -2.36. The molecule has 0 saturated carbocycles. The van der Waals surface area contributed by atoms with E-state index >= 15 is 0 Å². The highest BCUT2D eigenvalue weighted by Crippen LogP contribution is 2.64. The van der Waals surface area contributed by atoms with Crippen molar-refractivity contribution >= 4 is 29.9 Å². The second kappa shape index (κ2) is 10.8. The fraction of sp³-hybridized carbons (Fsp3) is 0.846. The second-order valence-electron chi connectivity index (χ2n) is 4.06. The Morgan fingerprint density at radius 3 is 1.57 bits per heavy atom. The van der Waals surface area contributed by atoms with Gasteiger partial charge in [-0.05, 0) is 34.0 Å². The molecule has 0 aliphatic rings. The maximum atomic E-state index is 12.5. The van der Waals surface area contributed by atoms with E-state index < -0.39 is 6.80 Å². The van der Waals surface area contributed by atoms with Gasteiger partial charge in [-0.3, -0.25) is 0 Å². The van der Waals surface area contributed by atoms with Gasteiger partial charge in [0.05, 0.1) is 4.24 Å². The Kier molecular flexibility index (Phi) is 10.9. The maximum absolute atomic E-state index is 12.5. The third-order valence-electron chi connectivity index (χ3n) is 3.14. The minimum atomic E-state index is -3.14. The van der Waals surface area contributed by atoms with Crippen molar-refractivity contribution in [2.45, 2.75) is 27.7 Å². The fourth-order valence-corrected chi connectivity index (χ4v) is 6.30. The van der Waals surface area contributed by atoms with Gasteiger partial charge in [-0.2, -0.15) is 0 Å². The summed E-state index contributed by atoms with van der Waals surface area (Å²) in [5.41, 5.74) is 0. The van der Waals surface area contributed by atoms with Gasteiger partial charge in [0.2, 0.25) is 0 Å². The van der Waals surface area contributed by atoms with Crippen molar-refractivity contribution in [2.24, 2.45) is 0 Å². The summed E-state index contributed by atoms with van der Waals surface area (Å²) in [6.45, 7) is 8.96. The van der Waals surface area contributed by atoms with Crippen LogP contribution in [0.25, 0.3) is 0 Å². The summed E-state index contributed by atoms with van der Waals surface area (Å²) in [6.07, 6.45) is 1.99.